The van der Waals surface area contributed by atoms with Crippen LogP contribution >= 0.6 is 0 Å². The predicted octanol–water partition coefficient (Wildman–Crippen LogP) is 1.61. The molecular formula is C14H23N3O. The minimum atomic E-state index is -0.434. The summed E-state index contributed by atoms with van der Waals surface area (Å²) in [6, 6.07) is 0. The zero-order valence-electron chi connectivity index (χ0n) is 11.0. The highest BCUT2D eigenvalue weighted by molar-refractivity contribution is 6.09. The summed E-state index contributed by atoms with van der Waals surface area (Å²) in [6.45, 7) is 1.93. The van der Waals surface area contributed by atoms with Gasteiger partial charge in [0.2, 0.25) is 0 Å². The molecular weight excluding hydrogens is 226 g/mol. The van der Waals surface area contributed by atoms with Crippen molar-refractivity contribution in [1.82, 2.24) is 10.6 Å². The molecule has 3 aliphatic rings. The highest BCUT2D eigenvalue weighted by atomic mass is 16.2. The quantitative estimate of drug-likeness (QED) is 0.742. The Bertz CT molecular complexity index is 350. The van der Waals surface area contributed by atoms with Crippen LogP contribution in [0, 0.1) is 5.92 Å². The maximum absolute atomic E-state index is 12.3. The molecule has 1 atom stereocenters. The Morgan fingerprint density at radius 1 is 1.06 bits per heavy atom. The van der Waals surface area contributed by atoms with Crippen molar-refractivity contribution >= 4 is 11.7 Å². The van der Waals surface area contributed by atoms with Crippen molar-refractivity contribution in [3.05, 3.63) is 0 Å². The Kier molecular flexibility index (Phi) is 3.37. The van der Waals surface area contributed by atoms with Crippen LogP contribution in [0.1, 0.15) is 51.4 Å². The number of nitrogens with zero attached hydrogens (tertiary/aromatic N) is 1. The standard InChI is InChI=1S/C14H23N3O/c18-13-14(7-4-9-15-10-8-14)17-12(16-13)11-5-2-1-3-6-11/h11,15H,1-10H2,(H,16,17,18). The Hall–Kier alpha value is -0.900. The Labute approximate surface area is 109 Å². The van der Waals surface area contributed by atoms with Gasteiger partial charge in [-0.3, -0.25) is 9.79 Å². The van der Waals surface area contributed by atoms with Gasteiger partial charge in [0.15, 0.2) is 0 Å². The molecule has 4 nitrogen and oxygen atoms in total. The van der Waals surface area contributed by atoms with Crippen LogP contribution in [0.25, 0.3) is 0 Å². The molecule has 1 saturated heterocycles. The van der Waals surface area contributed by atoms with Crippen LogP contribution in [0.15, 0.2) is 4.99 Å². The fourth-order valence-corrected chi connectivity index (χ4v) is 3.50. The molecule has 18 heavy (non-hydrogen) atoms. The SMILES string of the molecule is O=C1NC(C2CCCCC2)=NC12CCCNCC2. The lowest BCUT2D eigenvalue weighted by atomic mass is 9.88. The van der Waals surface area contributed by atoms with Crippen LogP contribution in [0.5, 0.6) is 0 Å². The molecule has 2 fully saturated rings. The lowest BCUT2D eigenvalue weighted by Crippen LogP contribution is -2.41. The highest BCUT2D eigenvalue weighted by Gasteiger charge is 2.44. The van der Waals surface area contributed by atoms with E-state index in [9.17, 15) is 4.79 Å². The van der Waals surface area contributed by atoms with Crippen molar-refractivity contribution in [3.63, 3.8) is 0 Å². The van der Waals surface area contributed by atoms with E-state index in [1.54, 1.807) is 0 Å². The van der Waals surface area contributed by atoms with Gasteiger partial charge in [0.1, 0.15) is 11.4 Å². The molecule has 1 amide bonds. The maximum atomic E-state index is 12.3. The number of amidine groups is 1. The summed E-state index contributed by atoms with van der Waals surface area (Å²) in [5.74, 6) is 1.67. The lowest BCUT2D eigenvalue weighted by Gasteiger charge is -2.21. The van der Waals surface area contributed by atoms with E-state index in [4.69, 9.17) is 4.99 Å². The van der Waals surface area contributed by atoms with E-state index in [0.717, 1.165) is 38.2 Å². The Morgan fingerprint density at radius 3 is 2.72 bits per heavy atom. The average molecular weight is 249 g/mol. The van der Waals surface area contributed by atoms with Crippen LogP contribution in [-0.2, 0) is 4.79 Å². The number of hydrogen-bond acceptors (Lipinski definition) is 3. The van der Waals surface area contributed by atoms with Crippen molar-refractivity contribution in [2.45, 2.75) is 56.9 Å². The first-order chi connectivity index (χ1) is 8.80. The van der Waals surface area contributed by atoms with Crippen LogP contribution in [0.2, 0.25) is 0 Å². The van der Waals surface area contributed by atoms with E-state index in [0.29, 0.717) is 5.92 Å². The van der Waals surface area contributed by atoms with E-state index in [-0.39, 0.29) is 5.91 Å². The van der Waals surface area contributed by atoms with Gasteiger partial charge in [-0.2, -0.15) is 0 Å². The zero-order chi connectivity index (χ0) is 12.4. The largest absolute Gasteiger partial charge is 0.317 e. The molecule has 0 radical (unpaired) electrons. The van der Waals surface area contributed by atoms with Crippen molar-refractivity contribution in [2.75, 3.05) is 13.1 Å². The molecule has 1 spiro atoms. The van der Waals surface area contributed by atoms with Crippen molar-refractivity contribution in [1.29, 1.82) is 0 Å². The van der Waals surface area contributed by atoms with Gasteiger partial charge in [-0.1, -0.05) is 19.3 Å². The van der Waals surface area contributed by atoms with Gasteiger partial charge in [-0.15, -0.1) is 0 Å². The van der Waals surface area contributed by atoms with Gasteiger partial charge >= 0.3 is 0 Å². The Morgan fingerprint density at radius 2 is 1.89 bits per heavy atom. The smallest absolute Gasteiger partial charge is 0.253 e. The van der Waals surface area contributed by atoms with E-state index in [1.165, 1.54) is 32.1 Å². The predicted molar refractivity (Wildman–Crippen MR) is 71.6 cm³/mol. The van der Waals surface area contributed by atoms with Crippen LogP contribution in [-0.4, -0.2) is 30.4 Å². The van der Waals surface area contributed by atoms with Crippen LogP contribution in [0.3, 0.4) is 0 Å². The van der Waals surface area contributed by atoms with Gasteiger partial charge in [0, 0.05) is 5.92 Å². The van der Waals surface area contributed by atoms with Crippen LogP contribution in [0.4, 0.5) is 0 Å². The van der Waals surface area contributed by atoms with Gasteiger partial charge in [-0.25, -0.2) is 0 Å². The van der Waals surface area contributed by atoms with Gasteiger partial charge < -0.3 is 10.6 Å². The molecule has 100 valence electrons. The third kappa shape index (κ3) is 2.18. The second-order valence-electron chi connectivity index (χ2n) is 5.92. The number of nitrogens with one attached hydrogen (secondary N) is 2. The van der Waals surface area contributed by atoms with Crippen molar-refractivity contribution in [2.24, 2.45) is 10.9 Å². The van der Waals surface area contributed by atoms with Crippen molar-refractivity contribution < 1.29 is 4.79 Å². The molecule has 0 aromatic heterocycles. The summed E-state index contributed by atoms with van der Waals surface area (Å²) in [4.78, 5) is 17.2. The summed E-state index contributed by atoms with van der Waals surface area (Å²) in [7, 11) is 0. The molecule has 3 rings (SSSR count). The monoisotopic (exact) mass is 249 g/mol. The first-order valence-corrected chi connectivity index (χ1v) is 7.42. The van der Waals surface area contributed by atoms with E-state index >= 15 is 0 Å². The summed E-state index contributed by atoms with van der Waals surface area (Å²) < 4.78 is 0. The summed E-state index contributed by atoms with van der Waals surface area (Å²) in [5, 5.41) is 6.46. The van der Waals surface area contributed by atoms with E-state index in [1.807, 2.05) is 0 Å². The number of aliphatic imine (C=N–C) groups is 1. The number of carbonyl (C=O) groups is 1. The highest BCUT2D eigenvalue weighted by Crippen LogP contribution is 2.32. The molecule has 1 unspecified atom stereocenters. The third-order valence-corrected chi connectivity index (χ3v) is 4.65. The van der Waals surface area contributed by atoms with Gasteiger partial charge in [0.25, 0.3) is 5.91 Å². The minimum Gasteiger partial charge on any atom is -0.317 e. The molecule has 0 aromatic rings. The molecule has 1 saturated carbocycles. The van der Waals surface area contributed by atoms with Crippen LogP contribution < -0.4 is 10.6 Å². The molecule has 2 heterocycles. The third-order valence-electron chi connectivity index (χ3n) is 4.65. The number of carbonyl (C=O) groups excluding carboxylic acids is 1. The van der Waals surface area contributed by atoms with E-state index in [2.05, 4.69) is 10.6 Å². The summed E-state index contributed by atoms with van der Waals surface area (Å²) in [5.41, 5.74) is -0.434. The number of amides is 1. The first kappa shape index (κ1) is 12.2. The van der Waals surface area contributed by atoms with Gasteiger partial charge in [-0.05, 0) is 45.2 Å². The number of hydrogen-bond donors (Lipinski definition) is 2. The second-order valence-corrected chi connectivity index (χ2v) is 5.92. The topological polar surface area (TPSA) is 53.5 Å². The number of rotatable bonds is 1. The molecule has 1 aliphatic carbocycles. The summed E-state index contributed by atoms with van der Waals surface area (Å²) in [6.07, 6.45) is 9.13. The fraction of sp³-hybridized carbons (Fsp3) is 0.857. The average Bonchev–Trinajstić information content (AvgIpc) is 2.59. The second kappa shape index (κ2) is 5.00. The molecule has 0 bridgehead atoms. The Balaban J connectivity index is 1.78. The van der Waals surface area contributed by atoms with Crippen molar-refractivity contribution in [3.8, 4) is 0 Å². The van der Waals surface area contributed by atoms with Gasteiger partial charge in [0.05, 0.1) is 0 Å². The normalized spacial score (nSPS) is 34.2. The lowest BCUT2D eigenvalue weighted by molar-refractivity contribution is -0.124. The summed E-state index contributed by atoms with van der Waals surface area (Å²) >= 11 is 0. The molecule has 0 aromatic carbocycles. The van der Waals surface area contributed by atoms with E-state index < -0.39 is 5.54 Å². The minimum absolute atomic E-state index is 0.159. The fourth-order valence-electron chi connectivity index (χ4n) is 3.50. The maximum Gasteiger partial charge on any atom is 0.253 e. The first-order valence-electron chi connectivity index (χ1n) is 7.42. The molecule has 2 aliphatic heterocycles. The molecule has 2 N–H and O–H groups in total. The molecule has 4 heteroatoms. The zero-order valence-corrected chi connectivity index (χ0v) is 11.0.